The Bertz CT molecular complexity index is 863. The van der Waals surface area contributed by atoms with Gasteiger partial charge in [-0.3, -0.25) is 4.90 Å². The van der Waals surface area contributed by atoms with Crippen LogP contribution in [0.2, 0.25) is 0 Å². The van der Waals surface area contributed by atoms with Crippen LogP contribution in [0.5, 0.6) is 5.75 Å². The first-order chi connectivity index (χ1) is 13.7. The van der Waals surface area contributed by atoms with Gasteiger partial charge in [0.2, 0.25) is 0 Å². The largest absolute Gasteiger partial charge is 0.486 e. The third kappa shape index (κ3) is 5.51. The Morgan fingerprint density at radius 2 is 1.57 bits per heavy atom. The summed E-state index contributed by atoms with van der Waals surface area (Å²) >= 11 is 0. The van der Waals surface area contributed by atoms with Crippen LogP contribution in [-0.2, 0) is 4.79 Å². The molecule has 4 heteroatoms. The molecule has 3 aromatic carbocycles. The van der Waals surface area contributed by atoms with Gasteiger partial charge in [-0.15, -0.1) is 0 Å². The predicted molar refractivity (Wildman–Crippen MR) is 110 cm³/mol. The molecule has 0 saturated heterocycles. The summed E-state index contributed by atoms with van der Waals surface area (Å²) in [5.41, 5.74) is 3.18. The minimum absolute atomic E-state index is 0.225. The second-order valence-electron chi connectivity index (χ2n) is 6.77. The van der Waals surface area contributed by atoms with Crippen molar-refractivity contribution in [3.05, 3.63) is 90.2 Å². The molecule has 0 aliphatic rings. The summed E-state index contributed by atoms with van der Waals surface area (Å²) in [6, 6.07) is 24.5. The van der Waals surface area contributed by atoms with Crippen LogP contribution in [-0.4, -0.2) is 31.3 Å². The van der Waals surface area contributed by atoms with E-state index in [1.807, 2.05) is 54.4 Å². The van der Waals surface area contributed by atoms with Crippen LogP contribution in [0.15, 0.2) is 78.9 Å². The summed E-state index contributed by atoms with van der Waals surface area (Å²) < 4.78 is 19.5. The number of benzene rings is 3. The minimum Gasteiger partial charge on any atom is -0.486 e. The Labute approximate surface area is 165 Å². The Hall–Kier alpha value is -2.98. The molecule has 0 spiro atoms. The van der Waals surface area contributed by atoms with E-state index >= 15 is 0 Å². The highest BCUT2D eigenvalue weighted by atomic mass is 19.1. The normalized spacial score (nSPS) is 12.0. The molecule has 3 nitrogen and oxygen atoms in total. The lowest BCUT2D eigenvalue weighted by atomic mass is 10.0. The molecule has 0 bridgehead atoms. The highest BCUT2D eigenvalue weighted by Crippen LogP contribution is 2.28. The topological polar surface area (TPSA) is 29.5 Å². The number of likely N-dealkylation sites (N-methyl/N-ethyl adjacent to an activating group) is 1. The van der Waals surface area contributed by atoms with Crippen molar-refractivity contribution >= 4 is 6.29 Å². The Balaban J connectivity index is 1.74. The number of carbonyl (C=O) groups is 1. The van der Waals surface area contributed by atoms with Crippen molar-refractivity contribution in [1.29, 1.82) is 0 Å². The zero-order chi connectivity index (χ0) is 19.8. The van der Waals surface area contributed by atoms with E-state index in [2.05, 4.69) is 12.1 Å². The van der Waals surface area contributed by atoms with Gasteiger partial charge in [0.05, 0.1) is 6.54 Å². The van der Waals surface area contributed by atoms with Crippen molar-refractivity contribution in [1.82, 2.24) is 4.90 Å². The highest BCUT2D eigenvalue weighted by molar-refractivity contribution is 5.63. The van der Waals surface area contributed by atoms with Crippen molar-refractivity contribution in [2.45, 2.75) is 12.5 Å². The van der Waals surface area contributed by atoms with E-state index in [9.17, 15) is 9.18 Å². The number of ether oxygens (including phenoxy) is 1. The van der Waals surface area contributed by atoms with Gasteiger partial charge in [0.25, 0.3) is 0 Å². The van der Waals surface area contributed by atoms with Crippen LogP contribution < -0.4 is 4.74 Å². The van der Waals surface area contributed by atoms with E-state index in [4.69, 9.17) is 4.74 Å². The fraction of sp³-hybridized carbons (Fsp3) is 0.208. The molecular formula is C24H24FNO2. The van der Waals surface area contributed by atoms with E-state index in [-0.39, 0.29) is 11.9 Å². The summed E-state index contributed by atoms with van der Waals surface area (Å²) in [6.07, 6.45) is 1.35. The highest BCUT2D eigenvalue weighted by Gasteiger charge is 2.15. The summed E-state index contributed by atoms with van der Waals surface area (Å²) in [4.78, 5) is 12.6. The van der Waals surface area contributed by atoms with Crippen LogP contribution in [0, 0.1) is 5.82 Å². The maximum Gasteiger partial charge on any atom is 0.133 e. The lowest BCUT2D eigenvalue weighted by Gasteiger charge is -2.22. The van der Waals surface area contributed by atoms with Gasteiger partial charge in [0.15, 0.2) is 0 Å². The van der Waals surface area contributed by atoms with Gasteiger partial charge in [0, 0.05) is 13.0 Å². The monoisotopic (exact) mass is 377 g/mol. The van der Waals surface area contributed by atoms with Crippen LogP contribution in [0.1, 0.15) is 18.1 Å². The predicted octanol–water partition coefficient (Wildman–Crippen LogP) is 5.13. The van der Waals surface area contributed by atoms with Gasteiger partial charge in [-0.1, -0.05) is 54.6 Å². The summed E-state index contributed by atoms with van der Waals surface area (Å²) in [5.74, 6) is 0.486. The molecular weight excluding hydrogens is 353 g/mol. The molecule has 0 radical (unpaired) electrons. The Morgan fingerprint density at radius 1 is 0.929 bits per heavy atom. The maximum absolute atomic E-state index is 13.3. The van der Waals surface area contributed by atoms with E-state index < -0.39 is 0 Å². The number of rotatable bonds is 9. The van der Waals surface area contributed by atoms with Gasteiger partial charge >= 0.3 is 0 Å². The molecule has 1 unspecified atom stereocenters. The van der Waals surface area contributed by atoms with Gasteiger partial charge in [-0.2, -0.15) is 0 Å². The zero-order valence-corrected chi connectivity index (χ0v) is 15.9. The molecule has 3 rings (SSSR count). The number of hydrogen-bond acceptors (Lipinski definition) is 3. The van der Waals surface area contributed by atoms with E-state index in [1.165, 1.54) is 12.1 Å². The van der Waals surface area contributed by atoms with Crippen molar-refractivity contribution in [3.8, 4) is 16.9 Å². The smallest absolute Gasteiger partial charge is 0.133 e. The van der Waals surface area contributed by atoms with Crippen LogP contribution in [0.4, 0.5) is 4.39 Å². The number of carbonyl (C=O) groups excluding carboxylic acids is 1. The van der Waals surface area contributed by atoms with Crippen LogP contribution in [0.25, 0.3) is 11.1 Å². The lowest BCUT2D eigenvalue weighted by molar-refractivity contribution is -0.108. The fourth-order valence-electron chi connectivity index (χ4n) is 3.05. The first-order valence-electron chi connectivity index (χ1n) is 9.35. The molecule has 0 saturated carbocycles. The third-order valence-electron chi connectivity index (χ3n) is 4.64. The average Bonchev–Trinajstić information content (AvgIpc) is 2.73. The SMILES string of the molecule is CN(CC=O)CCC(Oc1ccc(-c2ccccc2)cc1)c1ccc(F)cc1. The number of halogens is 1. The molecule has 0 aromatic heterocycles. The molecule has 0 amide bonds. The van der Waals surface area contributed by atoms with E-state index in [1.54, 1.807) is 12.1 Å². The minimum atomic E-state index is -0.271. The molecule has 28 heavy (non-hydrogen) atoms. The molecule has 0 heterocycles. The molecule has 3 aromatic rings. The number of nitrogens with zero attached hydrogens (tertiary/aromatic N) is 1. The first-order valence-corrected chi connectivity index (χ1v) is 9.35. The van der Waals surface area contributed by atoms with Crippen molar-refractivity contribution in [2.75, 3.05) is 20.1 Å². The van der Waals surface area contributed by atoms with Crippen LogP contribution >= 0.6 is 0 Å². The first kappa shape index (κ1) is 19.8. The molecule has 0 aliphatic carbocycles. The number of hydrogen-bond donors (Lipinski definition) is 0. The van der Waals surface area contributed by atoms with Gasteiger partial charge < -0.3 is 9.53 Å². The standard InChI is InChI=1S/C24H24FNO2/c1-26(17-18-27)16-15-24(21-7-11-22(25)12-8-21)28-23-13-9-20(10-14-23)19-5-3-2-4-6-19/h2-14,18,24H,15-17H2,1H3. The quantitative estimate of drug-likeness (QED) is 0.484. The zero-order valence-electron chi connectivity index (χ0n) is 15.9. The molecule has 1 atom stereocenters. The molecule has 144 valence electrons. The lowest BCUT2D eigenvalue weighted by Crippen LogP contribution is -2.24. The Kier molecular flexibility index (Phi) is 6.93. The van der Waals surface area contributed by atoms with Crippen molar-refractivity contribution in [3.63, 3.8) is 0 Å². The number of aldehydes is 1. The van der Waals surface area contributed by atoms with Gasteiger partial charge in [-0.05, 0) is 48.0 Å². The second kappa shape index (κ2) is 9.81. The van der Waals surface area contributed by atoms with E-state index in [0.717, 1.165) is 28.7 Å². The molecule has 0 fully saturated rings. The Morgan fingerprint density at radius 3 is 2.21 bits per heavy atom. The second-order valence-corrected chi connectivity index (χ2v) is 6.77. The average molecular weight is 377 g/mol. The van der Waals surface area contributed by atoms with Crippen molar-refractivity contribution < 1.29 is 13.9 Å². The maximum atomic E-state index is 13.3. The molecule has 0 N–H and O–H groups in total. The molecule has 0 aliphatic heterocycles. The summed E-state index contributed by atoms with van der Waals surface area (Å²) in [7, 11) is 1.89. The van der Waals surface area contributed by atoms with Crippen molar-refractivity contribution in [2.24, 2.45) is 0 Å². The van der Waals surface area contributed by atoms with Crippen LogP contribution in [0.3, 0.4) is 0 Å². The fourth-order valence-corrected chi connectivity index (χ4v) is 3.05. The summed E-state index contributed by atoms with van der Waals surface area (Å²) in [6.45, 7) is 1.07. The summed E-state index contributed by atoms with van der Waals surface area (Å²) in [5, 5.41) is 0. The van der Waals surface area contributed by atoms with Gasteiger partial charge in [0.1, 0.15) is 24.0 Å². The van der Waals surface area contributed by atoms with Gasteiger partial charge in [-0.25, -0.2) is 4.39 Å². The third-order valence-corrected chi connectivity index (χ3v) is 4.64. The van der Waals surface area contributed by atoms with E-state index in [0.29, 0.717) is 19.5 Å².